The molecule has 0 aliphatic heterocycles. The number of benzene rings is 3. The van der Waals surface area contributed by atoms with Crippen molar-refractivity contribution in [2.45, 2.75) is 31.9 Å². The predicted octanol–water partition coefficient (Wildman–Crippen LogP) is 5.21. The van der Waals surface area contributed by atoms with E-state index in [-0.39, 0.29) is 25.0 Å². The van der Waals surface area contributed by atoms with Gasteiger partial charge in [0, 0.05) is 6.04 Å². The van der Waals surface area contributed by atoms with E-state index < -0.39 is 5.97 Å². The summed E-state index contributed by atoms with van der Waals surface area (Å²) < 4.78 is 5.99. The molecule has 31 heavy (non-hydrogen) atoms. The maximum absolute atomic E-state index is 11.1. The number of rotatable bonds is 8. The van der Waals surface area contributed by atoms with Crippen LogP contribution in [0.5, 0.6) is 5.75 Å². The molecule has 0 aromatic heterocycles. The molecule has 4 nitrogen and oxygen atoms in total. The van der Waals surface area contributed by atoms with Crippen molar-refractivity contribution in [3.63, 3.8) is 0 Å². The molecule has 162 valence electrons. The highest BCUT2D eigenvalue weighted by Crippen LogP contribution is 2.35. The van der Waals surface area contributed by atoms with Gasteiger partial charge in [0.1, 0.15) is 12.4 Å². The van der Waals surface area contributed by atoms with Crippen molar-refractivity contribution in [2.24, 2.45) is 5.92 Å². The van der Waals surface area contributed by atoms with E-state index in [1.165, 1.54) is 11.1 Å². The average molecular weight is 438 g/mol. The Morgan fingerprint density at radius 2 is 1.71 bits per heavy atom. The summed E-state index contributed by atoms with van der Waals surface area (Å²) in [5.74, 6) is 0.433. The molecule has 0 radical (unpaired) electrons. The van der Waals surface area contributed by atoms with Crippen LogP contribution in [0.2, 0.25) is 0 Å². The summed E-state index contributed by atoms with van der Waals surface area (Å²) in [4.78, 5) is 11.1. The van der Waals surface area contributed by atoms with Crippen LogP contribution in [0.15, 0.2) is 78.9 Å². The van der Waals surface area contributed by atoms with Crippen molar-refractivity contribution < 1.29 is 14.6 Å². The van der Waals surface area contributed by atoms with Gasteiger partial charge in [-0.15, -0.1) is 12.4 Å². The number of halogens is 1. The summed E-state index contributed by atoms with van der Waals surface area (Å²) in [5, 5.41) is 12.4. The van der Waals surface area contributed by atoms with Gasteiger partial charge in [-0.3, -0.25) is 10.1 Å². The molecule has 0 heterocycles. The Balaban J connectivity index is 0.00000272. The first-order chi connectivity index (χ1) is 14.7. The van der Waals surface area contributed by atoms with Crippen LogP contribution in [0.3, 0.4) is 0 Å². The predicted molar refractivity (Wildman–Crippen MR) is 125 cm³/mol. The van der Waals surface area contributed by atoms with Crippen LogP contribution in [0, 0.1) is 5.92 Å². The number of aryl methyl sites for hydroxylation is 1. The highest BCUT2D eigenvalue weighted by Gasteiger charge is 2.28. The molecule has 0 bridgehead atoms. The molecule has 1 aliphatic carbocycles. The molecule has 0 spiro atoms. The minimum atomic E-state index is -0.827. The second kappa shape index (κ2) is 11.0. The largest absolute Gasteiger partial charge is 0.489 e. The van der Waals surface area contributed by atoms with Crippen molar-refractivity contribution in [1.82, 2.24) is 5.32 Å². The highest BCUT2D eigenvalue weighted by atomic mass is 35.5. The highest BCUT2D eigenvalue weighted by molar-refractivity contribution is 5.85. The van der Waals surface area contributed by atoms with E-state index in [0.29, 0.717) is 12.5 Å². The van der Waals surface area contributed by atoms with Gasteiger partial charge in [0.25, 0.3) is 0 Å². The molecule has 0 fully saturated rings. The number of hydrogen-bond donors (Lipinski definition) is 2. The Labute approximate surface area is 189 Å². The monoisotopic (exact) mass is 437 g/mol. The first-order valence-electron chi connectivity index (χ1n) is 10.5. The summed E-state index contributed by atoms with van der Waals surface area (Å²) in [6, 6.07) is 26.8. The lowest BCUT2D eigenvalue weighted by molar-refractivity contribution is -0.136. The average Bonchev–Trinajstić information content (AvgIpc) is 2.79. The normalized spacial score (nSPS) is 15.9. The number of carbonyl (C=O) groups is 1. The first-order valence-corrected chi connectivity index (χ1v) is 10.5. The molecular formula is C26H28ClNO3. The third-order valence-corrected chi connectivity index (χ3v) is 5.80. The summed E-state index contributed by atoms with van der Waals surface area (Å²) in [7, 11) is 0. The lowest BCUT2D eigenvalue weighted by Crippen LogP contribution is -2.35. The lowest BCUT2D eigenvalue weighted by atomic mass is 9.78. The van der Waals surface area contributed by atoms with Crippen molar-refractivity contribution in [2.75, 3.05) is 6.54 Å². The van der Waals surface area contributed by atoms with Gasteiger partial charge in [0.2, 0.25) is 0 Å². The van der Waals surface area contributed by atoms with E-state index in [4.69, 9.17) is 9.84 Å². The summed E-state index contributed by atoms with van der Waals surface area (Å²) in [5.41, 5.74) is 4.97. The van der Waals surface area contributed by atoms with Crippen molar-refractivity contribution in [1.29, 1.82) is 0 Å². The zero-order valence-corrected chi connectivity index (χ0v) is 18.2. The minimum Gasteiger partial charge on any atom is -0.489 e. The Bertz CT molecular complexity index is 978. The Hall–Kier alpha value is -2.82. The molecule has 5 heteroatoms. The zero-order chi connectivity index (χ0) is 20.8. The van der Waals surface area contributed by atoms with Crippen LogP contribution in [0.1, 0.15) is 34.7 Å². The van der Waals surface area contributed by atoms with Gasteiger partial charge in [0.15, 0.2) is 0 Å². The number of fused-ring (bicyclic) bond motifs is 1. The third-order valence-electron chi connectivity index (χ3n) is 5.80. The number of ether oxygens (including phenoxy) is 1. The topological polar surface area (TPSA) is 58.6 Å². The van der Waals surface area contributed by atoms with Crippen molar-refractivity contribution >= 4 is 18.4 Å². The summed E-state index contributed by atoms with van der Waals surface area (Å²) in [6.07, 6.45) is 2.92. The minimum absolute atomic E-state index is 0. The van der Waals surface area contributed by atoms with E-state index in [1.54, 1.807) is 0 Å². The molecule has 2 atom stereocenters. The van der Waals surface area contributed by atoms with E-state index in [1.807, 2.05) is 42.5 Å². The first kappa shape index (κ1) is 22.9. The SMILES string of the molecule is Cl.O=C(O)CNC(c1ccccc1)C1CCc2cc(OCc3ccccc3)ccc2C1. The number of carboxylic acids is 1. The summed E-state index contributed by atoms with van der Waals surface area (Å²) >= 11 is 0. The molecule has 2 unspecified atom stereocenters. The van der Waals surface area contributed by atoms with Gasteiger partial charge in [-0.25, -0.2) is 0 Å². The molecule has 2 N–H and O–H groups in total. The van der Waals surface area contributed by atoms with Crippen LogP contribution in [-0.2, 0) is 24.2 Å². The Morgan fingerprint density at radius 1 is 1.00 bits per heavy atom. The van der Waals surface area contributed by atoms with Gasteiger partial charge in [-0.05, 0) is 59.6 Å². The fourth-order valence-electron chi connectivity index (χ4n) is 4.29. The maximum atomic E-state index is 11.1. The van der Waals surface area contributed by atoms with E-state index in [9.17, 15) is 4.79 Å². The van der Waals surface area contributed by atoms with E-state index >= 15 is 0 Å². The molecule has 1 aliphatic rings. The van der Waals surface area contributed by atoms with Gasteiger partial charge < -0.3 is 9.84 Å². The van der Waals surface area contributed by atoms with Crippen LogP contribution in [0.4, 0.5) is 0 Å². The Morgan fingerprint density at radius 3 is 2.42 bits per heavy atom. The smallest absolute Gasteiger partial charge is 0.317 e. The van der Waals surface area contributed by atoms with Gasteiger partial charge in [-0.1, -0.05) is 66.7 Å². The third kappa shape index (κ3) is 6.09. The molecule has 0 amide bonds. The number of carboxylic acid groups (broad SMARTS) is 1. The number of nitrogens with one attached hydrogen (secondary N) is 1. The second-order valence-corrected chi connectivity index (χ2v) is 7.87. The van der Waals surface area contributed by atoms with Gasteiger partial charge >= 0.3 is 5.97 Å². The van der Waals surface area contributed by atoms with Crippen LogP contribution >= 0.6 is 12.4 Å². The molecule has 0 saturated heterocycles. The van der Waals surface area contributed by atoms with Crippen LogP contribution in [0.25, 0.3) is 0 Å². The maximum Gasteiger partial charge on any atom is 0.317 e. The van der Waals surface area contributed by atoms with E-state index in [0.717, 1.165) is 36.1 Å². The fourth-order valence-corrected chi connectivity index (χ4v) is 4.29. The van der Waals surface area contributed by atoms with Gasteiger partial charge in [0.05, 0.1) is 6.54 Å². The zero-order valence-electron chi connectivity index (χ0n) is 17.4. The molecular weight excluding hydrogens is 410 g/mol. The van der Waals surface area contributed by atoms with Crippen molar-refractivity contribution in [3.05, 3.63) is 101 Å². The molecule has 0 saturated carbocycles. The van der Waals surface area contributed by atoms with Crippen molar-refractivity contribution in [3.8, 4) is 5.75 Å². The second-order valence-electron chi connectivity index (χ2n) is 7.87. The summed E-state index contributed by atoms with van der Waals surface area (Å²) in [6.45, 7) is 0.534. The van der Waals surface area contributed by atoms with Crippen LogP contribution < -0.4 is 10.1 Å². The standard InChI is InChI=1S/C26H27NO3.ClH/c28-25(29)17-27-26(20-9-5-2-6-10-20)23-12-11-22-16-24(14-13-21(22)15-23)30-18-19-7-3-1-4-8-19;/h1-10,13-14,16,23,26-27H,11-12,15,17-18H2,(H,28,29);1H. The molecule has 3 aromatic carbocycles. The number of aliphatic carboxylic acids is 1. The quantitative estimate of drug-likeness (QED) is 0.508. The van der Waals surface area contributed by atoms with Gasteiger partial charge in [-0.2, -0.15) is 0 Å². The number of hydrogen-bond acceptors (Lipinski definition) is 3. The Kier molecular flexibility index (Phi) is 8.10. The fraction of sp³-hybridized carbons (Fsp3) is 0.269. The van der Waals surface area contributed by atoms with Crippen LogP contribution in [-0.4, -0.2) is 17.6 Å². The lowest BCUT2D eigenvalue weighted by Gasteiger charge is -2.32. The molecule has 4 rings (SSSR count). The van der Waals surface area contributed by atoms with E-state index in [2.05, 4.69) is 41.7 Å². The molecule has 3 aromatic rings.